The Morgan fingerprint density at radius 3 is 2.38 bits per heavy atom. The molecule has 0 aliphatic heterocycles. The maximum absolute atomic E-state index is 12.2. The summed E-state index contributed by atoms with van der Waals surface area (Å²) < 4.78 is 5.27. The molecular formula is C17H24ClNO5. The molecular weight excluding hydrogens is 334 g/mol. The lowest BCUT2D eigenvalue weighted by Gasteiger charge is -2.27. The molecule has 3 N–H and O–H groups in total. The number of rotatable bonds is 4. The summed E-state index contributed by atoms with van der Waals surface area (Å²) in [4.78, 5) is 20.7. The summed E-state index contributed by atoms with van der Waals surface area (Å²) in [5.74, 6) is 1.48. The lowest BCUT2D eigenvalue weighted by Crippen LogP contribution is -2.38. The highest BCUT2D eigenvalue weighted by Crippen LogP contribution is 2.27. The predicted octanol–water partition coefficient (Wildman–Crippen LogP) is 3.81. The molecule has 1 amide bonds. The van der Waals surface area contributed by atoms with Crippen LogP contribution in [0.1, 0.15) is 38.2 Å². The predicted molar refractivity (Wildman–Crippen MR) is 91.9 cm³/mol. The minimum atomic E-state index is -1.83. The smallest absolute Gasteiger partial charge is 0.496 e. The summed E-state index contributed by atoms with van der Waals surface area (Å²) in [7, 11) is 1.59. The van der Waals surface area contributed by atoms with E-state index in [1.54, 1.807) is 13.2 Å². The molecule has 0 radical (unpaired) electrons. The fraction of sp³-hybridized carbons (Fsp3) is 0.529. The van der Waals surface area contributed by atoms with Crippen LogP contribution >= 0.6 is 11.6 Å². The first kappa shape index (κ1) is 20.1. The summed E-state index contributed by atoms with van der Waals surface area (Å²) in [6.07, 6.45) is 2.98. The van der Waals surface area contributed by atoms with Crippen molar-refractivity contribution >= 4 is 23.7 Å². The molecule has 1 aromatic carbocycles. The van der Waals surface area contributed by atoms with Crippen LogP contribution in [0.2, 0.25) is 5.02 Å². The zero-order chi connectivity index (χ0) is 18.1. The molecule has 0 spiro atoms. The van der Waals surface area contributed by atoms with Crippen molar-refractivity contribution in [1.29, 1.82) is 0 Å². The molecule has 0 atom stereocenters. The monoisotopic (exact) mass is 357 g/mol. The molecule has 0 heterocycles. The SMILES string of the molecule is COc1cccc(Cl)c1CC(=O)NC1CCC(C)CC1.O=C(O)O. The lowest BCUT2D eigenvalue weighted by molar-refractivity contribution is -0.121. The quantitative estimate of drug-likeness (QED) is 0.761. The topological polar surface area (TPSA) is 95.9 Å². The van der Waals surface area contributed by atoms with Crippen molar-refractivity contribution in [2.75, 3.05) is 7.11 Å². The first-order chi connectivity index (χ1) is 11.3. The van der Waals surface area contributed by atoms with Crippen LogP contribution in [0.5, 0.6) is 5.75 Å². The van der Waals surface area contributed by atoms with Crippen LogP contribution in [0.4, 0.5) is 4.79 Å². The van der Waals surface area contributed by atoms with Gasteiger partial charge in [0.05, 0.1) is 13.5 Å². The molecule has 24 heavy (non-hydrogen) atoms. The Morgan fingerprint density at radius 1 is 1.25 bits per heavy atom. The Hall–Kier alpha value is -1.95. The Bertz CT molecular complexity index is 552. The van der Waals surface area contributed by atoms with Gasteiger partial charge in [-0.15, -0.1) is 0 Å². The number of hydrogen-bond acceptors (Lipinski definition) is 3. The molecule has 1 saturated carbocycles. The van der Waals surface area contributed by atoms with Crippen LogP contribution in [0.25, 0.3) is 0 Å². The number of benzene rings is 1. The Morgan fingerprint density at radius 2 is 1.83 bits per heavy atom. The van der Waals surface area contributed by atoms with Gasteiger partial charge in [-0.3, -0.25) is 4.79 Å². The molecule has 0 unspecified atom stereocenters. The third-order valence-corrected chi connectivity index (χ3v) is 4.37. The van der Waals surface area contributed by atoms with Crippen molar-refractivity contribution in [2.45, 2.75) is 45.1 Å². The summed E-state index contributed by atoms with van der Waals surface area (Å²) in [6.45, 7) is 2.27. The van der Waals surface area contributed by atoms with E-state index in [1.165, 1.54) is 12.8 Å². The normalized spacial score (nSPS) is 19.6. The molecule has 2 rings (SSSR count). The van der Waals surface area contributed by atoms with Gasteiger partial charge in [0.2, 0.25) is 5.91 Å². The van der Waals surface area contributed by atoms with Crippen molar-refractivity contribution in [1.82, 2.24) is 5.32 Å². The summed E-state index contributed by atoms with van der Waals surface area (Å²) in [5.41, 5.74) is 0.762. The van der Waals surface area contributed by atoms with E-state index in [-0.39, 0.29) is 12.3 Å². The molecule has 7 heteroatoms. The van der Waals surface area contributed by atoms with Gasteiger partial charge >= 0.3 is 6.16 Å². The van der Waals surface area contributed by atoms with E-state index in [0.29, 0.717) is 16.8 Å². The number of hydrogen-bond donors (Lipinski definition) is 3. The van der Waals surface area contributed by atoms with Crippen molar-refractivity contribution < 1.29 is 24.5 Å². The van der Waals surface area contributed by atoms with Crippen LogP contribution in [0, 0.1) is 5.92 Å². The fourth-order valence-electron chi connectivity index (χ4n) is 2.75. The van der Waals surface area contributed by atoms with Crippen molar-refractivity contribution in [3.05, 3.63) is 28.8 Å². The van der Waals surface area contributed by atoms with Gasteiger partial charge in [-0.05, 0) is 43.7 Å². The van der Waals surface area contributed by atoms with Gasteiger partial charge in [-0.25, -0.2) is 4.79 Å². The number of nitrogens with one attached hydrogen (secondary N) is 1. The third-order valence-electron chi connectivity index (χ3n) is 4.01. The van der Waals surface area contributed by atoms with Gasteiger partial charge in [0.25, 0.3) is 0 Å². The van der Waals surface area contributed by atoms with E-state index in [1.807, 2.05) is 12.1 Å². The average Bonchev–Trinajstić information content (AvgIpc) is 2.51. The van der Waals surface area contributed by atoms with Gasteiger partial charge in [0.1, 0.15) is 5.75 Å². The molecule has 6 nitrogen and oxygen atoms in total. The lowest BCUT2D eigenvalue weighted by atomic mass is 9.87. The molecule has 134 valence electrons. The Labute approximate surface area is 146 Å². The Balaban J connectivity index is 0.000000648. The molecule has 0 saturated heterocycles. The third kappa shape index (κ3) is 7.08. The highest BCUT2D eigenvalue weighted by atomic mass is 35.5. The second-order valence-corrected chi connectivity index (χ2v) is 6.31. The van der Waals surface area contributed by atoms with Crippen LogP contribution < -0.4 is 10.1 Å². The van der Waals surface area contributed by atoms with Crippen LogP contribution in [0.3, 0.4) is 0 Å². The number of halogens is 1. The van der Waals surface area contributed by atoms with Crippen molar-refractivity contribution in [3.8, 4) is 5.75 Å². The largest absolute Gasteiger partial charge is 0.503 e. The zero-order valence-electron chi connectivity index (χ0n) is 13.9. The van der Waals surface area contributed by atoms with Crippen molar-refractivity contribution in [3.63, 3.8) is 0 Å². The minimum Gasteiger partial charge on any atom is -0.496 e. The summed E-state index contributed by atoms with van der Waals surface area (Å²) in [5, 5.41) is 17.6. The molecule has 1 fully saturated rings. The zero-order valence-corrected chi connectivity index (χ0v) is 14.7. The van der Waals surface area contributed by atoms with Gasteiger partial charge in [0, 0.05) is 16.6 Å². The Kier molecular flexibility index (Phi) is 8.40. The molecule has 1 aliphatic carbocycles. The van der Waals surface area contributed by atoms with E-state index in [9.17, 15) is 4.79 Å². The first-order valence-corrected chi connectivity index (χ1v) is 8.23. The van der Waals surface area contributed by atoms with E-state index >= 15 is 0 Å². The molecule has 1 aliphatic rings. The molecule has 0 bridgehead atoms. The van der Waals surface area contributed by atoms with E-state index in [4.69, 9.17) is 31.3 Å². The van der Waals surface area contributed by atoms with Crippen LogP contribution in [-0.2, 0) is 11.2 Å². The molecule has 1 aromatic rings. The van der Waals surface area contributed by atoms with Crippen LogP contribution in [-0.4, -0.2) is 35.4 Å². The highest BCUT2D eigenvalue weighted by Gasteiger charge is 2.20. The second-order valence-electron chi connectivity index (χ2n) is 5.90. The van der Waals surface area contributed by atoms with Gasteiger partial charge in [-0.1, -0.05) is 24.6 Å². The van der Waals surface area contributed by atoms with Crippen molar-refractivity contribution in [2.24, 2.45) is 5.92 Å². The standard InChI is InChI=1S/C16H22ClNO2.CH2O3/c1-11-6-8-12(9-7-11)18-16(19)10-13-14(17)4-3-5-15(13)20-2;2-1(3)4/h3-5,11-12H,6-10H2,1-2H3,(H,18,19);(H2,2,3,4). The number of ether oxygens (including phenoxy) is 1. The fourth-order valence-corrected chi connectivity index (χ4v) is 2.98. The number of carbonyl (C=O) groups is 2. The van der Waals surface area contributed by atoms with Gasteiger partial charge < -0.3 is 20.3 Å². The van der Waals surface area contributed by atoms with Gasteiger partial charge in [0.15, 0.2) is 0 Å². The second kappa shape index (κ2) is 10.0. The maximum Gasteiger partial charge on any atom is 0.503 e. The van der Waals surface area contributed by atoms with E-state index in [2.05, 4.69) is 12.2 Å². The minimum absolute atomic E-state index is 0.0240. The number of amides is 1. The maximum atomic E-state index is 12.2. The number of methoxy groups -OCH3 is 1. The van der Waals surface area contributed by atoms with Crippen LogP contribution in [0.15, 0.2) is 18.2 Å². The highest BCUT2D eigenvalue weighted by molar-refractivity contribution is 6.31. The number of carboxylic acid groups (broad SMARTS) is 2. The average molecular weight is 358 g/mol. The number of carbonyl (C=O) groups excluding carboxylic acids is 1. The molecule has 0 aromatic heterocycles. The van der Waals surface area contributed by atoms with Gasteiger partial charge in [-0.2, -0.15) is 0 Å². The summed E-state index contributed by atoms with van der Waals surface area (Å²) in [6, 6.07) is 5.75. The van der Waals surface area contributed by atoms with E-state index < -0.39 is 6.16 Å². The van der Waals surface area contributed by atoms with E-state index in [0.717, 1.165) is 24.3 Å². The summed E-state index contributed by atoms with van der Waals surface area (Å²) >= 11 is 6.15. The first-order valence-electron chi connectivity index (χ1n) is 7.86.